The summed E-state index contributed by atoms with van der Waals surface area (Å²) >= 11 is 0. The van der Waals surface area contributed by atoms with Crippen LogP contribution in [-0.2, 0) is 0 Å². The Balaban J connectivity index is 3.19. The molecular formula is C7H16N2. The third-order valence-electron chi connectivity index (χ3n) is 1.47. The molecule has 0 unspecified atom stereocenters. The first-order valence-corrected chi connectivity index (χ1v) is 3.50. The van der Waals surface area contributed by atoms with Crippen molar-refractivity contribution in [3.05, 3.63) is 0 Å². The minimum absolute atomic E-state index is 0.863. The van der Waals surface area contributed by atoms with Gasteiger partial charge in [0, 0.05) is 6.54 Å². The molecule has 0 aliphatic rings. The van der Waals surface area contributed by atoms with E-state index in [1.165, 1.54) is 0 Å². The normalized spacial score (nSPS) is 10.1. The number of nitrogens with zero attached hydrogens (tertiary/aromatic N) is 2. The van der Waals surface area contributed by atoms with Crippen LogP contribution in [0.4, 0.5) is 0 Å². The summed E-state index contributed by atoms with van der Waals surface area (Å²) in [6, 6.07) is 0. The number of rotatable bonds is 5. The van der Waals surface area contributed by atoms with Crippen molar-refractivity contribution in [2.75, 3.05) is 26.2 Å². The summed E-state index contributed by atoms with van der Waals surface area (Å²) in [7, 11) is 0. The highest BCUT2D eigenvalue weighted by Crippen LogP contribution is 1.84. The molecule has 0 aliphatic carbocycles. The molecule has 0 saturated heterocycles. The molecule has 0 spiro atoms. The highest BCUT2D eigenvalue weighted by Gasteiger charge is 1.94. The van der Waals surface area contributed by atoms with Crippen LogP contribution < -0.4 is 0 Å². The standard InChI is InChI=1S/C7H16N2/c1-4-9(5-2)7-6-8-3/h3-7H2,1-2H3. The van der Waals surface area contributed by atoms with E-state index in [1.807, 2.05) is 0 Å². The zero-order chi connectivity index (χ0) is 7.11. The van der Waals surface area contributed by atoms with Crippen LogP contribution in [0, 0.1) is 0 Å². The van der Waals surface area contributed by atoms with Gasteiger partial charge in [0.15, 0.2) is 0 Å². The molecule has 0 atom stereocenters. The SMILES string of the molecule is C=NCCN(CC)CC. The van der Waals surface area contributed by atoms with E-state index < -0.39 is 0 Å². The van der Waals surface area contributed by atoms with Gasteiger partial charge in [-0.3, -0.25) is 4.99 Å². The van der Waals surface area contributed by atoms with Crippen molar-refractivity contribution in [3.63, 3.8) is 0 Å². The van der Waals surface area contributed by atoms with E-state index in [-0.39, 0.29) is 0 Å². The number of likely N-dealkylation sites (N-methyl/N-ethyl adjacent to an activating group) is 1. The van der Waals surface area contributed by atoms with Gasteiger partial charge in [-0.25, -0.2) is 0 Å². The lowest BCUT2D eigenvalue weighted by molar-refractivity contribution is 0.313. The molecule has 9 heavy (non-hydrogen) atoms. The lowest BCUT2D eigenvalue weighted by atomic mass is 10.5. The molecule has 54 valence electrons. The second-order valence-electron chi connectivity index (χ2n) is 1.97. The van der Waals surface area contributed by atoms with Crippen LogP contribution in [0.15, 0.2) is 4.99 Å². The van der Waals surface area contributed by atoms with E-state index in [0.717, 1.165) is 26.2 Å². The lowest BCUT2D eigenvalue weighted by Gasteiger charge is -2.15. The molecular weight excluding hydrogens is 112 g/mol. The van der Waals surface area contributed by atoms with Crippen molar-refractivity contribution in [1.29, 1.82) is 0 Å². The van der Waals surface area contributed by atoms with Crippen molar-refractivity contribution in [3.8, 4) is 0 Å². The summed E-state index contributed by atoms with van der Waals surface area (Å²) in [4.78, 5) is 6.11. The molecule has 0 rings (SSSR count). The maximum absolute atomic E-state index is 3.78. The minimum atomic E-state index is 0.863. The highest BCUT2D eigenvalue weighted by atomic mass is 15.1. The molecule has 0 aromatic heterocycles. The first-order valence-electron chi connectivity index (χ1n) is 3.50. The summed E-state index contributed by atoms with van der Waals surface area (Å²) in [5, 5.41) is 0. The lowest BCUT2D eigenvalue weighted by Crippen LogP contribution is -2.25. The van der Waals surface area contributed by atoms with E-state index in [1.54, 1.807) is 0 Å². The Morgan fingerprint density at radius 1 is 1.33 bits per heavy atom. The van der Waals surface area contributed by atoms with Gasteiger partial charge in [-0.1, -0.05) is 13.8 Å². The van der Waals surface area contributed by atoms with Gasteiger partial charge < -0.3 is 4.90 Å². The molecule has 2 nitrogen and oxygen atoms in total. The third-order valence-corrected chi connectivity index (χ3v) is 1.47. The average Bonchev–Trinajstić information content (AvgIpc) is 1.91. The summed E-state index contributed by atoms with van der Waals surface area (Å²) in [5.74, 6) is 0. The fraction of sp³-hybridized carbons (Fsp3) is 0.857. The van der Waals surface area contributed by atoms with Crippen LogP contribution in [0.1, 0.15) is 13.8 Å². The monoisotopic (exact) mass is 128 g/mol. The van der Waals surface area contributed by atoms with Crippen LogP contribution >= 0.6 is 0 Å². The summed E-state index contributed by atoms with van der Waals surface area (Å²) in [6.45, 7) is 11.9. The van der Waals surface area contributed by atoms with Gasteiger partial charge in [0.1, 0.15) is 0 Å². The largest absolute Gasteiger partial charge is 0.302 e. The predicted octanol–water partition coefficient (Wildman–Crippen LogP) is 1.03. The molecule has 0 aliphatic heterocycles. The Bertz CT molecular complexity index is 67.3. The van der Waals surface area contributed by atoms with Crippen LogP contribution in [-0.4, -0.2) is 37.8 Å². The van der Waals surface area contributed by atoms with Crippen LogP contribution in [0.3, 0.4) is 0 Å². The topological polar surface area (TPSA) is 15.6 Å². The maximum atomic E-state index is 3.78. The molecule has 0 heterocycles. The zero-order valence-electron chi connectivity index (χ0n) is 6.43. The van der Waals surface area contributed by atoms with Crippen molar-refractivity contribution in [1.82, 2.24) is 4.90 Å². The smallest absolute Gasteiger partial charge is 0.0509 e. The summed E-state index contributed by atoms with van der Waals surface area (Å²) in [6.07, 6.45) is 0. The Kier molecular flexibility index (Phi) is 5.52. The van der Waals surface area contributed by atoms with Crippen molar-refractivity contribution in [2.24, 2.45) is 4.99 Å². The Morgan fingerprint density at radius 3 is 2.22 bits per heavy atom. The maximum Gasteiger partial charge on any atom is 0.0509 e. The van der Waals surface area contributed by atoms with Gasteiger partial charge in [0.25, 0.3) is 0 Å². The fourth-order valence-electron chi connectivity index (χ4n) is 0.752. The van der Waals surface area contributed by atoms with E-state index >= 15 is 0 Å². The fourth-order valence-corrected chi connectivity index (χ4v) is 0.752. The van der Waals surface area contributed by atoms with E-state index in [0.29, 0.717) is 0 Å². The first kappa shape index (κ1) is 8.63. The van der Waals surface area contributed by atoms with Gasteiger partial charge in [0.05, 0.1) is 6.54 Å². The van der Waals surface area contributed by atoms with Crippen molar-refractivity contribution < 1.29 is 0 Å². The number of hydrogen-bond donors (Lipinski definition) is 0. The molecule has 0 amide bonds. The molecule has 0 aromatic carbocycles. The molecule has 0 bridgehead atoms. The zero-order valence-corrected chi connectivity index (χ0v) is 6.43. The van der Waals surface area contributed by atoms with E-state index in [2.05, 4.69) is 30.5 Å². The molecule has 0 fully saturated rings. The average molecular weight is 128 g/mol. The summed E-state index contributed by atoms with van der Waals surface area (Å²) in [5.41, 5.74) is 0. The minimum Gasteiger partial charge on any atom is -0.302 e. The van der Waals surface area contributed by atoms with Gasteiger partial charge >= 0.3 is 0 Å². The van der Waals surface area contributed by atoms with Crippen molar-refractivity contribution >= 4 is 6.72 Å². The Morgan fingerprint density at radius 2 is 1.89 bits per heavy atom. The first-order chi connectivity index (χ1) is 4.35. The third kappa shape index (κ3) is 4.15. The predicted molar refractivity (Wildman–Crippen MR) is 42.2 cm³/mol. The number of hydrogen-bond acceptors (Lipinski definition) is 2. The molecule has 2 heteroatoms. The molecule has 0 saturated carbocycles. The van der Waals surface area contributed by atoms with Crippen LogP contribution in [0.5, 0.6) is 0 Å². The second kappa shape index (κ2) is 5.76. The van der Waals surface area contributed by atoms with E-state index in [4.69, 9.17) is 0 Å². The number of aliphatic imine (C=N–C) groups is 1. The van der Waals surface area contributed by atoms with Gasteiger partial charge in [-0.15, -0.1) is 0 Å². The van der Waals surface area contributed by atoms with Crippen LogP contribution in [0.2, 0.25) is 0 Å². The van der Waals surface area contributed by atoms with Gasteiger partial charge in [-0.2, -0.15) is 0 Å². The van der Waals surface area contributed by atoms with Crippen LogP contribution in [0.25, 0.3) is 0 Å². The van der Waals surface area contributed by atoms with Gasteiger partial charge in [-0.05, 0) is 19.8 Å². The summed E-state index contributed by atoms with van der Waals surface area (Å²) < 4.78 is 0. The Labute approximate surface area is 57.6 Å². The highest BCUT2D eigenvalue weighted by molar-refractivity contribution is 5.23. The quantitative estimate of drug-likeness (QED) is 0.505. The van der Waals surface area contributed by atoms with Gasteiger partial charge in [0.2, 0.25) is 0 Å². The Hall–Kier alpha value is -0.370. The molecule has 0 N–H and O–H groups in total. The van der Waals surface area contributed by atoms with E-state index in [9.17, 15) is 0 Å². The molecule has 0 radical (unpaired) electrons. The molecule has 0 aromatic rings. The van der Waals surface area contributed by atoms with Crippen molar-refractivity contribution in [2.45, 2.75) is 13.8 Å². The second-order valence-corrected chi connectivity index (χ2v) is 1.97.